The number of azo groups is 1. The molecule has 0 radical (unpaired) electrons. The van der Waals surface area contributed by atoms with Crippen LogP contribution in [0.4, 0.5) is 16.5 Å². The molecule has 120 valence electrons. The molecule has 0 amide bonds. The van der Waals surface area contributed by atoms with Crippen molar-refractivity contribution >= 4 is 38.1 Å². The summed E-state index contributed by atoms with van der Waals surface area (Å²) in [5.41, 5.74) is 3.09. The maximum absolute atomic E-state index is 5.40. The number of nitrogens with zero attached hydrogens (tertiary/aromatic N) is 4. The number of anilines is 1. The molecule has 0 aliphatic rings. The lowest BCUT2D eigenvalue weighted by atomic mass is 10.2. The van der Waals surface area contributed by atoms with Gasteiger partial charge in [-0.15, -0.1) is 6.42 Å². The van der Waals surface area contributed by atoms with Crippen molar-refractivity contribution in [2.24, 2.45) is 17.3 Å². The summed E-state index contributed by atoms with van der Waals surface area (Å²) < 4.78 is 3.26. The van der Waals surface area contributed by atoms with E-state index in [1.165, 1.54) is 10.2 Å². The molecule has 5 heteroatoms. The fraction of sp³-hybridized carbons (Fsp3) is 0.211. The van der Waals surface area contributed by atoms with Gasteiger partial charge in [-0.2, -0.15) is 0 Å². The summed E-state index contributed by atoms with van der Waals surface area (Å²) in [6.45, 7) is 3.57. The predicted molar refractivity (Wildman–Crippen MR) is 100 cm³/mol. The van der Waals surface area contributed by atoms with Crippen molar-refractivity contribution in [1.82, 2.24) is 0 Å². The zero-order chi connectivity index (χ0) is 16.9. The van der Waals surface area contributed by atoms with E-state index in [0.717, 1.165) is 23.1 Å². The predicted octanol–water partition coefficient (Wildman–Crippen LogP) is 4.60. The van der Waals surface area contributed by atoms with Crippen LogP contribution >= 0.6 is 11.3 Å². The van der Waals surface area contributed by atoms with Crippen LogP contribution in [-0.2, 0) is 7.05 Å². The molecule has 4 nitrogen and oxygen atoms in total. The third-order valence-electron chi connectivity index (χ3n) is 3.84. The van der Waals surface area contributed by atoms with E-state index in [1.807, 2.05) is 43.4 Å². The highest BCUT2D eigenvalue weighted by Gasteiger charge is 2.15. The van der Waals surface area contributed by atoms with Gasteiger partial charge in [0.15, 0.2) is 0 Å². The molecule has 1 heterocycles. The van der Waals surface area contributed by atoms with Crippen LogP contribution in [0.2, 0.25) is 0 Å². The van der Waals surface area contributed by atoms with Crippen LogP contribution in [0.25, 0.3) is 10.2 Å². The number of hydrogen-bond acceptors (Lipinski definition) is 4. The maximum atomic E-state index is 5.40. The summed E-state index contributed by atoms with van der Waals surface area (Å²) in [5.74, 6) is 2.68. The second-order valence-electron chi connectivity index (χ2n) is 5.35. The lowest BCUT2D eigenvalue weighted by molar-refractivity contribution is -0.627. The van der Waals surface area contributed by atoms with Crippen LogP contribution in [-0.4, -0.2) is 13.1 Å². The van der Waals surface area contributed by atoms with Gasteiger partial charge < -0.3 is 4.90 Å². The number of para-hydroxylation sites is 1. The smallest absolute Gasteiger partial charge is 0.361 e. The average Bonchev–Trinajstić information content (AvgIpc) is 2.95. The zero-order valence-corrected chi connectivity index (χ0v) is 14.6. The van der Waals surface area contributed by atoms with Crippen LogP contribution < -0.4 is 9.47 Å². The van der Waals surface area contributed by atoms with Crippen molar-refractivity contribution in [3.8, 4) is 12.3 Å². The third-order valence-corrected chi connectivity index (χ3v) is 4.95. The first-order valence-electron chi connectivity index (χ1n) is 7.80. The molecule has 0 fully saturated rings. The molecule has 0 unspecified atom stereocenters. The summed E-state index contributed by atoms with van der Waals surface area (Å²) in [7, 11) is 2.01. The Labute approximate surface area is 146 Å². The molecule has 3 aromatic rings. The molecule has 0 aliphatic carbocycles. The Morgan fingerprint density at radius 3 is 2.54 bits per heavy atom. The molecule has 3 rings (SSSR count). The van der Waals surface area contributed by atoms with Gasteiger partial charge >= 0.3 is 5.13 Å². The standard InChI is InChI=1S/C19H19N4S/c1-4-14-23(5-2)16-12-10-15(11-13-16)20-21-19-22(3)17-8-6-7-9-18(17)24-19/h1,6-13H,5,14H2,2-3H3/q+1. The van der Waals surface area contributed by atoms with Gasteiger partial charge in [-0.25, -0.2) is 4.57 Å². The second kappa shape index (κ2) is 7.24. The zero-order valence-electron chi connectivity index (χ0n) is 13.8. The largest absolute Gasteiger partial charge is 0.409 e. The Morgan fingerprint density at radius 2 is 1.88 bits per heavy atom. The minimum atomic E-state index is 0.606. The number of thiazole rings is 1. The average molecular weight is 335 g/mol. The summed E-state index contributed by atoms with van der Waals surface area (Å²) >= 11 is 1.63. The van der Waals surface area contributed by atoms with Gasteiger partial charge in [0.05, 0.1) is 23.4 Å². The highest BCUT2D eigenvalue weighted by atomic mass is 32.1. The number of fused-ring (bicyclic) bond motifs is 1. The van der Waals surface area contributed by atoms with Crippen molar-refractivity contribution in [2.75, 3.05) is 18.0 Å². The monoisotopic (exact) mass is 335 g/mol. The van der Waals surface area contributed by atoms with Gasteiger partial charge in [0.25, 0.3) is 0 Å². The lowest BCUT2D eigenvalue weighted by Crippen LogP contribution is -2.25. The van der Waals surface area contributed by atoms with Crippen molar-refractivity contribution in [2.45, 2.75) is 6.92 Å². The number of benzene rings is 2. The van der Waals surface area contributed by atoms with Crippen LogP contribution in [0.15, 0.2) is 58.8 Å². The number of aryl methyl sites for hydroxylation is 1. The minimum absolute atomic E-state index is 0.606. The Hall–Kier alpha value is -2.71. The first kappa shape index (κ1) is 16.2. The first-order chi connectivity index (χ1) is 11.7. The van der Waals surface area contributed by atoms with E-state index in [9.17, 15) is 0 Å². The molecule has 0 spiro atoms. The number of hydrogen-bond donors (Lipinski definition) is 0. The SMILES string of the molecule is C#CCN(CC)c1ccc(/N=N/c2sc3ccccc3[n+]2C)cc1. The Bertz CT molecular complexity index is 903. The molecular weight excluding hydrogens is 316 g/mol. The minimum Gasteiger partial charge on any atom is -0.361 e. The summed E-state index contributed by atoms with van der Waals surface area (Å²) in [5, 5.41) is 9.64. The van der Waals surface area contributed by atoms with Gasteiger partial charge in [-0.1, -0.05) is 18.1 Å². The molecular formula is C19H19N4S+. The van der Waals surface area contributed by atoms with Gasteiger partial charge in [0, 0.05) is 12.2 Å². The highest BCUT2D eigenvalue weighted by molar-refractivity contribution is 7.21. The second-order valence-corrected chi connectivity index (χ2v) is 6.36. The maximum Gasteiger partial charge on any atom is 0.409 e. The first-order valence-corrected chi connectivity index (χ1v) is 8.62. The van der Waals surface area contributed by atoms with E-state index in [-0.39, 0.29) is 0 Å². The van der Waals surface area contributed by atoms with Crippen molar-refractivity contribution < 1.29 is 4.57 Å². The number of rotatable bonds is 5. The van der Waals surface area contributed by atoms with Crippen LogP contribution in [0.5, 0.6) is 0 Å². The molecule has 0 atom stereocenters. The molecule has 0 saturated carbocycles. The van der Waals surface area contributed by atoms with Gasteiger partial charge in [0.1, 0.15) is 11.2 Å². The number of terminal acetylenes is 1. The third kappa shape index (κ3) is 3.29. The highest BCUT2D eigenvalue weighted by Crippen LogP contribution is 2.27. The molecule has 0 aliphatic heterocycles. The summed E-state index contributed by atoms with van der Waals surface area (Å²) in [6.07, 6.45) is 5.40. The normalized spacial score (nSPS) is 11.0. The van der Waals surface area contributed by atoms with Gasteiger partial charge in [-0.3, -0.25) is 0 Å². The quantitative estimate of drug-likeness (QED) is 0.381. The molecule has 1 aromatic heterocycles. The summed E-state index contributed by atoms with van der Waals surface area (Å²) in [4.78, 5) is 2.13. The number of aromatic nitrogens is 1. The van der Waals surface area contributed by atoms with Crippen LogP contribution in [0, 0.1) is 12.3 Å². The van der Waals surface area contributed by atoms with E-state index in [4.69, 9.17) is 6.42 Å². The molecule has 0 bridgehead atoms. The van der Waals surface area contributed by atoms with E-state index >= 15 is 0 Å². The van der Waals surface area contributed by atoms with E-state index in [1.54, 1.807) is 11.3 Å². The van der Waals surface area contributed by atoms with Crippen LogP contribution in [0.3, 0.4) is 0 Å². The van der Waals surface area contributed by atoms with Crippen molar-refractivity contribution in [1.29, 1.82) is 0 Å². The van der Waals surface area contributed by atoms with E-state index in [0.29, 0.717) is 6.54 Å². The summed E-state index contributed by atoms with van der Waals surface area (Å²) in [6, 6.07) is 16.2. The fourth-order valence-corrected chi connectivity index (χ4v) is 3.47. The molecule has 24 heavy (non-hydrogen) atoms. The fourth-order valence-electron chi connectivity index (χ4n) is 2.50. The van der Waals surface area contributed by atoms with Crippen molar-refractivity contribution in [3.63, 3.8) is 0 Å². The lowest BCUT2D eigenvalue weighted by Gasteiger charge is -2.19. The topological polar surface area (TPSA) is 31.8 Å². The van der Waals surface area contributed by atoms with E-state index < -0.39 is 0 Å². The van der Waals surface area contributed by atoms with Gasteiger partial charge in [-0.05, 0) is 59.8 Å². The van der Waals surface area contributed by atoms with Crippen molar-refractivity contribution in [3.05, 3.63) is 48.5 Å². The molecule has 0 N–H and O–H groups in total. The molecule has 2 aromatic carbocycles. The van der Waals surface area contributed by atoms with E-state index in [2.05, 4.69) is 44.7 Å². The van der Waals surface area contributed by atoms with Gasteiger partial charge in [0.2, 0.25) is 0 Å². The Balaban J connectivity index is 1.81. The Kier molecular flexibility index (Phi) is 4.88. The molecule has 0 saturated heterocycles. The Morgan fingerprint density at radius 1 is 1.12 bits per heavy atom. The van der Waals surface area contributed by atoms with Crippen LogP contribution in [0.1, 0.15) is 6.92 Å².